The van der Waals surface area contributed by atoms with Crippen LogP contribution in [0.15, 0.2) is 30.4 Å². The van der Waals surface area contributed by atoms with E-state index in [9.17, 15) is 9.59 Å². The van der Waals surface area contributed by atoms with E-state index in [4.69, 9.17) is 14.2 Å². The number of hydrogen-bond donors (Lipinski definition) is 0. The van der Waals surface area contributed by atoms with Crippen molar-refractivity contribution in [2.24, 2.45) is 0 Å². The van der Waals surface area contributed by atoms with Gasteiger partial charge in [0.1, 0.15) is 17.1 Å². The van der Waals surface area contributed by atoms with E-state index in [2.05, 4.69) is 6.58 Å². The van der Waals surface area contributed by atoms with E-state index in [0.29, 0.717) is 16.9 Å². The largest absolute Gasteiger partial charge is 0.452 e. The van der Waals surface area contributed by atoms with Gasteiger partial charge in [0.2, 0.25) is 5.79 Å². The molecule has 0 spiro atoms. The number of carbonyl (C=O) groups excluding carboxylic acids is 2. The molecule has 1 aliphatic rings. The highest BCUT2D eigenvalue weighted by Crippen LogP contribution is 2.34. The smallest absolute Gasteiger partial charge is 0.345 e. The number of carbonyl (C=O) groups is 2. The van der Waals surface area contributed by atoms with Gasteiger partial charge in [-0.3, -0.25) is 0 Å². The van der Waals surface area contributed by atoms with Gasteiger partial charge in [-0.15, -0.1) is 0 Å². The molecule has 0 fully saturated rings. The van der Waals surface area contributed by atoms with Crippen molar-refractivity contribution in [1.29, 1.82) is 0 Å². The minimum atomic E-state index is -1.04. The highest BCUT2D eigenvalue weighted by atomic mass is 16.7. The quantitative estimate of drug-likeness (QED) is 0.465. The van der Waals surface area contributed by atoms with Crippen molar-refractivity contribution in [2.75, 3.05) is 0 Å². The van der Waals surface area contributed by atoms with Gasteiger partial charge in [-0.2, -0.15) is 0 Å². The fraction of sp³-hybridized carbons (Fsp3) is 0.286. The lowest BCUT2D eigenvalue weighted by Gasteiger charge is -2.31. The molecule has 0 saturated heterocycles. The Balaban J connectivity index is 2.31. The Labute approximate surface area is 110 Å². The molecule has 5 nitrogen and oxygen atoms in total. The number of fused-ring (bicyclic) bond motifs is 1. The first-order valence-corrected chi connectivity index (χ1v) is 5.72. The zero-order chi connectivity index (χ0) is 14.2. The summed E-state index contributed by atoms with van der Waals surface area (Å²) in [6, 6.07) is 4.48. The van der Waals surface area contributed by atoms with E-state index in [-0.39, 0.29) is 5.75 Å². The number of esters is 2. The fourth-order valence-electron chi connectivity index (χ4n) is 1.58. The lowest BCUT2D eigenvalue weighted by atomic mass is 10.1. The second-order valence-electron chi connectivity index (χ2n) is 4.72. The second kappa shape index (κ2) is 4.42. The van der Waals surface area contributed by atoms with Gasteiger partial charge in [-0.1, -0.05) is 6.58 Å². The Morgan fingerprint density at radius 2 is 2.00 bits per heavy atom. The minimum absolute atomic E-state index is 0.289. The first kappa shape index (κ1) is 13.1. The molecule has 0 bridgehead atoms. The van der Waals surface area contributed by atoms with Crippen LogP contribution in [-0.2, 0) is 9.53 Å². The van der Waals surface area contributed by atoms with Crippen LogP contribution in [0.1, 0.15) is 31.1 Å². The summed E-state index contributed by atoms with van der Waals surface area (Å²) < 4.78 is 15.7. The Kier molecular flexibility index (Phi) is 3.06. The highest BCUT2D eigenvalue weighted by Gasteiger charge is 2.34. The second-order valence-corrected chi connectivity index (χ2v) is 4.72. The minimum Gasteiger partial charge on any atom is -0.452 e. The third-order valence-corrected chi connectivity index (χ3v) is 2.43. The van der Waals surface area contributed by atoms with Crippen molar-refractivity contribution in [2.45, 2.75) is 26.6 Å². The van der Waals surface area contributed by atoms with Gasteiger partial charge in [0, 0.05) is 25.5 Å². The van der Waals surface area contributed by atoms with Crippen LogP contribution in [0.5, 0.6) is 11.5 Å². The van der Waals surface area contributed by atoms with E-state index >= 15 is 0 Å². The molecule has 1 aromatic rings. The van der Waals surface area contributed by atoms with Crippen LogP contribution in [-0.4, -0.2) is 17.7 Å². The lowest BCUT2D eigenvalue weighted by Crippen LogP contribution is -2.38. The molecule has 19 heavy (non-hydrogen) atoms. The van der Waals surface area contributed by atoms with Crippen LogP contribution in [0, 0.1) is 0 Å². The van der Waals surface area contributed by atoms with Crippen molar-refractivity contribution < 1.29 is 23.8 Å². The van der Waals surface area contributed by atoms with Crippen LogP contribution in [0.4, 0.5) is 0 Å². The van der Waals surface area contributed by atoms with Gasteiger partial charge < -0.3 is 14.2 Å². The zero-order valence-corrected chi connectivity index (χ0v) is 11.0. The number of cyclic esters (lactones) is 1. The average molecular weight is 262 g/mol. The van der Waals surface area contributed by atoms with Crippen molar-refractivity contribution in [3.8, 4) is 11.5 Å². The Morgan fingerprint density at radius 1 is 1.32 bits per heavy atom. The normalized spacial score (nSPS) is 15.8. The Hall–Kier alpha value is -2.30. The maximum Gasteiger partial charge on any atom is 0.345 e. The molecule has 0 amide bonds. The van der Waals surface area contributed by atoms with E-state index in [1.807, 2.05) is 0 Å². The average Bonchev–Trinajstić information content (AvgIpc) is 2.26. The summed E-state index contributed by atoms with van der Waals surface area (Å²) in [4.78, 5) is 23.1. The molecular formula is C14H14O5. The van der Waals surface area contributed by atoms with E-state index in [0.717, 1.165) is 0 Å². The van der Waals surface area contributed by atoms with Crippen molar-refractivity contribution in [3.05, 3.63) is 35.9 Å². The molecule has 0 aliphatic carbocycles. The Bertz CT molecular complexity index is 571. The molecule has 0 saturated carbocycles. The molecular weight excluding hydrogens is 248 g/mol. The molecule has 100 valence electrons. The summed E-state index contributed by atoms with van der Waals surface area (Å²) >= 11 is 0. The zero-order valence-electron chi connectivity index (χ0n) is 11.0. The molecule has 0 N–H and O–H groups in total. The van der Waals surface area contributed by atoms with E-state index in [1.165, 1.54) is 18.2 Å². The van der Waals surface area contributed by atoms with Crippen molar-refractivity contribution >= 4 is 11.9 Å². The van der Waals surface area contributed by atoms with Crippen LogP contribution in [0.3, 0.4) is 0 Å². The molecule has 1 aliphatic heterocycles. The van der Waals surface area contributed by atoms with Gasteiger partial charge in [0.25, 0.3) is 0 Å². The summed E-state index contributed by atoms with van der Waals surface area (Å²) in [7, 11) is 0. The predicted octanol–water partition coefficient (Wildman–Crippen LogP) is 2.45. The molecule has 0 unspecified atom stereocenters. The molecule has 0 radical (unpaired) electrons. The summed E-state index contributed by atoms with van der Waals surface area (Å²) in [6.07, 6.45) is 0. The molecule has 0 aromatic heterocycles. The fourth-order valence-corrected chi connectivity index (χ4v) is 1.58. The van der Waals surface area contributed by atoms with Crippen LogP contribution in [0.2, 0.25) is 0 Å². The topological polar surface area (TPSA) is 61.8 Å². The maximum atomic E-state index is 11.7. The van der Waals surface area contributed by atoms with Gasteiger partial charge in [-0.25, -0.2) is 9.59 Å². The SMILES string of the molecule is C=C(C)C(=O)Oc1ccc2c(c1)OC(C)(C)OC2=O. The number of rotatable bonds is 2. The summed E-state index contributed by atoms with van der Waals surface area (Å²) in [5.41, 5.74) is 0.591. The third kappa shape index (κ3) is 2.76. The maximum absolute atomic E-state index is 11.7. The van der Waals surface area contributed by atoms with Gasteiger partial charge >= 0.3 is 11.9 Å². The van der Waals surface area contributed by atoms with Gasteiger partial charge in [0.05, 0.1) is 0 Å². The Morgan fingerprint density at radius 3 is 2.63 bits per heavy atom. The summed E-state index contributed by atoms with van der Waals surface area (Å²) in [5, 5.41) is 0. The van der Waals surface area contributed by atoms with E-state index in [1.54, 1.807) is 20.8 Å². The van der Waals surface area contributed by atoms with Crippen LogP contribution < -0.4 is 9.47 Å². The predicted molar refractivity (Wildman–Crippen MR) is 67.0 cm³/mol. The molecule has 1 heterocycles. The highest BCUT2D eigenvalue weighted by molar-refractivity contribution is 5.94. The number of hydrogen-bond acceptors (Lipinski definition) is 5. The summed E-state index contributed by atoms with van der Waals surface area (Å²) in [5.74, 6) is -1.42. The van der Waals surface area contributed by atoms with Gasteiger partial charge in [0.15, 0.2) is 0 Å². The van der Waals surface area contributed by atoms with Gasteiger partial charge in [-0.05, 0) is 19.1 Å². The molecule has 5 heteroatoms. The molecule has 0 atom stereocenters. The van der Waals surface area contributed by atoms with Crippen LogP contribution in [0.25, 0.3) is 0 Å². The standard InChI is InChI=1S/C14H14O5/c1-8(2)12(15)17-9-5-6-10-11(7-9)18-14(3,4)19-13(10)16/h5-7H,1H2,2-4H3. The lowest BCUT2D eigenvalue weighted by molar-refractivity contribution is -0.130. The first-order valence-electron chi connectivity index (χ1n) is 5.72. The molecule has 1 aromatic carbocycles. The van der Waals surface area contributed by atoms with Crippen molar-refractivity contribution in [3.63, 3.8) is 0 Å². The first-order chi connectivity index (χ1) is 8.78. The van der Waals surface area contributed by atoms with Crippen molar-refractivity contribution in [1.82, 2.24) is 0 Å². The number of ether oxygens (including phenoxy) is 3. The summed E-state index contributed by atoms with van der Waals surface area (Å²) in [6.45, 7) is 8.30. The monoisotopic (exact) mass is 262 g/mol. The van der Waals surface area contributed by atoms with E-state index < -0.39 is 17.7 Å². The third-order valence-electron chi connectivity index (χ3n) is 2.43. The van der Waals surface area contributed by atoms with Crippen LogP contribution >= 0.6 is 0 Å². The number of benzene rings is 1. The molecule has 2 rings (SSSR count).